The van der Waals surface area contributed by atoms with E-state index in [1.165, 1.54) is 24.3 Å². The predicted octanol–water partition coefficient (Wildman–Crippen LogP) is 1.83. The minimum atomic E-state index is -0.614. The van der Waals surface area contributed by atoms with Crippen molar-refractivity contribution in [3.8, 4) is 11.3 Å². The van der Waals surface area contributed by atoms with E-state index in [-0.39, 0.29) is 23.6 Å². The molecule has 0 aliphatic carbocycles. The molecule has 0 saturated heterocycles. The molecule has 8 nitrogen and oxygen atoms in total. The molecule has 0 spiro atoms. The summed E-state index contributed by atoms with van der Waals surface area (Å²) in [5, 5.41) is 10.7. The van der Waals surface area contributed by atoms with Gasteiger partial charge in [0.15, 0.2) is 0 Å². The van der Waals surface area contributed by atoms with Gasteiger partial charge >= 0.3 is 11.7 Å². The van der Waals surface area contributed by atoms with Crippen LogP contribution in [0.5, 0.6) is 0 Å². The van der Waals surface area contributed by atoms with E-state index in [9.17, 15) is 19.7 Å². The molecule has 0 atom stereocenters. The number of aryl methyl sites for hydroxylation is 1. The van der Waals surface area contributed by atoms with Crippen LogP contribution >= 0.6 is 0 Å². The number of H-pyrrole nitrogens is 1. The van der Waals surface area contributed by atoms with Gasteiger partial charge in [0.25, 0.3) is 5.69 Å². The van der Waals surface area contributed by atoms with Crippen molar-refractivity contribution < 1.29 is 14.5 Å². The molecule has 114 valence electrons. The van der Waals surface area contributed by atoms with Crippen LogP contribution < -0.4 is 5.69 Å². The number of hydrogen-bond donors (Lipinski definition) is 1. The summed E-state index contributed by atoms with van der Waals surface area (Å²) in [5.74, 6) is -0.614. The molecule has 0 saturated carbocycles. The van der Waals surface area contributed by atoms with Crippen molar-refractivity contribution in [2.24, 2.45) is 0 Å². The molecular formula is C14H13N3O5. The van der Waals surface area contributed by atoms with Crippen LogP contribution in [0.4, 0.5) is 5.69 Å². The molecular weight excluding hydrogens is 290 g/mol. The van der Waals surface area contributed by atoms with Gasteiger partial charge in [-0.25, -0.2) is 9.59 Å². The number of aromatic amines is 1. The Labute approximate surface area is 124 Å². The first-order valence-corrected chi connectivity index (χ1v) is 6.47. The van der Waals surface area contributed by atoms with Crippen LogP contribution in [-0.4, -0.2) is 27.5 Å². The minimum Gasteiger partial charge on any atom is -0.462 e. The number of hydrogen-bond acceptors (Lipinski definition) is 6. The van der Waals surface area contributed by atoms with Crippen molar-refractivity contribution >= 4 is 11.7 Å². The van der Waals surface area contributed by atoms with Gasteiger partial charge in [0.1, 0.15) is 5.56 Å². The lowest BCUT2D eigenvalue weighted by molar-refractivity contribution is -0.384. The molecule has 0 bridgehead atoms. The SMILES string of the molecule is CCOC(=O)c1c(-c2ccc([N+](=O)[O-])cc2)nc(=O)[nH]c1C. The van der Waals surface area contributed by atoms with Crippen LogP contribution in [-0.2, 0) is 4.74 Å². The van der Waals surface area contributed by atoms with E-state index in [1.54, 1.807) is 13.8 Å². The minimum absolute atomic E-state index is 0.0944. The van der Waals surface area contributed by atoms with Gasteiger partial charge < -0.3 is 9.72 Å². The molecule has 1 heterocycles. The Morgan fingerprint density at radius 3 is 2.55 bits per heavy atom. The summed E-state index contributed by atoms with van der Waals surface area (Å²) in [6.07, 6.45) is 0. The zero-order chi connectivity index (χ0) is 16.3. The number of nitrogens with one attached hydrogen (secondary N) is 1. The van der Waals surface area contributed by atoms with Crippen LogP contribution in [0.1, 0.15) is 23.0 Å². The molecule has 1 N–H and O–H groups in total. The first kappa shape index (κ1) is 15.4. The second-order valence-electron chi connectivity index (χ2n) is 4.42. The topological polar surface area (TPSA) is 115 Å². The molecule has 0 fully saturated rings. The van der Waals surface area contributed by atoms with Gasteiger partial charge in [-0.05, 0) is 26.0 Å². The second kappa shape index (κ2) is 6.17. The third-order valence-corrected chi connectivity index (χ3v) is 2.95. The summed E-state index contributed by atoms with van der Waals surface area (Å²) in [6, 6.07) is 5.43. The van der Waals surface area contributed by atoms with Gasteiger partial charge in [-0.15, -0.1) is 0 Å². The normalized spacial score (nSPS) is 10.3. The van der Waals surface area contributed by atoms with Gasteiger partial charge in [-0.3, -0.25) is 10.1 Å². The van der Waals surface area contributed by atoms with E-state index in [1.807, 2.05) is 0 Å². The summed E-state index contributed by atoms with van der Waals surface area (Å²) in [5.41, 5.74) is 0.307. The average molecular weight is 303 g/mol. The number of esters is 1. The van der Waals surface area contributed by atoms with E-state index >= 15 is 0 Å². The fourth-order valence-corrected chi connectivity index (χ4v) is 1.99. The molecule has 0 radical (unpaired) electrons. The van der Waals surface area contributed by atoms with E-state index in [4.69, 9.17) is 4.74 Å². The number of aromatic nitrogens is 2. The number of benzene rings is 1. The Kier molecular flexibility index (Phi) is 4.31. The van der Waals surface area contributed by atoms with Gasteiger partial charge in [0, 0.05) is 23.4 Å². The van der Waals surface area contributed by atoms with E-state index in [0.717, 1.165) is 0 Å². The number of carbonyl (C=O) groups is 1. The van der Waals surface area contributed by atoms with Gasteiger partial charge in [0.05, 0.1) is 17.2 Å². The fourth-order valence-electron chi connectivity index (χ4n) is 1.99. The Morgan fingerprint density at radius 1 is 1.36 bits per heavy atom. The third-order valence-electron chi connectivity index (χ3n) is 2.95. The zero-order valence-corrected chi connectivity index (χ0v) is 12.0. The number of carbonyl (C=O) groups excluding carboxylic acids is 1. The summed E-state index contributed by atoms with van der Waals surface area (Å²) in [7, 11) is 0. The Balaban J connectivity index is 2.60. The fraction of sp³-hybridized carbons (Fsp3) is 0.214. The monoisotopic (exact) mass is 303 g/mol. The number of ether oxygens (including phenoxy) is 1. The standard InChI is InChI=1S/C14H13N3O5/c1-3-22-13(18)11-8(2)15-14(19)16-12(11)9-4-6-10(7-5-9)17(20)21/h4-7H,3H2,1-2H3,(H,15,16,19). The van der Waals surface area contributed by atoms with Gasteiger partial charge in [0.2, 0.25) is 0 Å². The molecule has 8 heteroatoms. The maximum atomic E-state index is 12.1. The molecule has 2 aromatic rings. The molecule has 0 amide bonds. The Bertz CT molecular complexity index is 780. The smallest absolute Gasteiger partial charge is 0.345 e. The highest BCUT2D eigenvalue weighted by molar-refractivity contribution is 5.97. The zero-order valence-electron chi connectivity index (χ0n) is 12.0. The first-order chi connectivity index (χ1) is 10.4. The van der Waals surface area contributed by atoms with Crippen LogP contribution in [0.3, 0.4) is 0 Å². The van der Waals surface area contributed by atoms with Gasteiger partial charge in [-0.1, -0.05) is 0 Å². The largest absolute Gasteiger partial charge is 0.462 e. The van der Waals surface area contributed by atoms with Gasteiger partial charge in [-0.2, -0.15) is 4.98 Å². The summed E-state index contributed by atoms with van der Waals surface area (Å²) in [6.45, 7) is 3.40. The number of nitrogens with zero attached hydrogens (tertiary/aromatic N) is 2. The van der Waals surface area contributed by atoms with Crippen molar-refractivity contribution in [3.05, 3.63) is 56.1 Å². The highest BCUT2D eigenvalue weighted by Gasteiger charge is 2.20. The lowest BCUT2D eigenvalue weighted by atomic mass is 10.0. The van der Waals surface area contributed by atoms with Crippen molar-refractivity contribution in [1.29, 1.82) is 0 Å². The predicted molar refractivity (Wildman–Crippen MR) is 77.6 cm³/mol. The van der Waals surface area contributed by atoms with Crippen LogP contribution in [0.15, 0.2) is 29.1 Å². The van der Waals surface area contributed by atoms with Crippen molar-refractivity contribution in [2.75, 3.05) is 6.61 Å². The third kappa shape index (κ3) is 3.00. The number of nitro benzene ring substituents is 1. The van der Waals surface area contributed by atoms with Crippen LogP contribution in [0, 0.1) is 17.0 Å². The van der Waals surface area contributed by atoms with Crippen LogP contribution in [0.2, 0.25) is 0 Å². The summed E-state index contributed by atoms with van der Waals surface area (Å²) < 4.78 is 4.96. The van der Waals surface area contributed by atoms with Crippen molar-refractivity contribution in [1.82, 2.24) is 9.97 Å². The number of nitro groups is 1. The molecule has 1 aromatic carbocycles. The highest BCUT2D eigenvalue weighted by atomic mass is 16.6. The van der Waals surface area contributed by atoms with Crippen molar-refractivity contribution in [2.45, 2.75) is 13.8 Å². The second-order valence-corrected chi connectivity index (χ2v) is 4.42. The average Bonchev–Trinajstić information content (AvgIpc) is 2.46. The first-order valence-electron chi connectivity index (χ1n) is 6.47. The molecule has 2 rings (SSSR count). The number of non-ortho nitro benzene ring substituents is 1. The Morgan fingerprint density at radius 2 is 2.00 bits per heavy atom. The lowest BCUT2D eigenvalue weighted by Gasteiger charge is -2.10. The molecule has 22 heavy (non-hydrogen) atoms. The summed E-state index contributed by atoms with van der Waals surface area (Å²) in [4.78, 5) is 40.0. The lowest BCUT2D eigenvalue weighted by Crippen LogP contribution is -2.19. The summed E-state index contributed by atoms with van der Waals surface area (Å²) >= 11 is 0. The maximum absolute atomic E-state index is 12.1. The van der Waals surface area contributed by atoms with E-state index in [0.29, 0.717) is 11.3 Å². The van der Waals surface area contributed by atoms with E-state index in [2.05, 4.69) is 9.97 Å². The maximum Gasteiger partial charge on any atom is 0.345 e. The quantitative estimate of drug-likeness (QED) is 0.523. The molecule has 1 aromatic heterocycles. The Hall–Kier alpha value is -3.03. The molecule has 0 unspecified atom stereocenters. The molecule has 0 aliphatic heterocycles. The highest BCUT2D eigenvalue weighted by Crippen LogP contribution is 2.24. The van der Waals surface area contributed by atoms with Crippen LogP contribution in [0.25, 0.3) is 11.3 Å². The van der Waals surface area contributed by atoms with E-state index < -0.39 is 16.6 Å². The van der Waals surface area contributed by atoms with Crippen molar-refractivity contribution in [3.63, 3.8) is 0 Å². The molecule has 0 aliphatic rings. The number of rotatable bonds is 4.